The second-order valence-corrected chi connectivity index (χ2v) is 10.6. The second kappa shape index (κ2) is 12.2. The Hall–Kier alpha value is -3.40. The van der Waals surface area contributed by atoms with Gasteiger partial charge in [0.25, 0.3) is 0 Å². The fourth-order valence-corrected chi connectivity index (χ4v) is 5.19. The molecule has 2 amide bonds. The van der Waals surface area contributed by atoms with Gasteiger partial charge in [0.15, 0.2) is 0 Å². The summed E-state index contributed by atoms with van der Waals surface area (Å²) in [5.74, 6) is -0.0775. The summed E-state index contributed by atoms with van der Waals surface area (Å²) in [6.45, 7) is 3.75. The molecule has 1 fully saturated rings. The molecule has 3 aromatic rings. The van der Waals surface area contributed by atoms with E-state index in [-0.39, 0.29) is 30.3 Å². The molecule has 0 saturated carbocycles. The second-order valence-electron chi connectivity index (χ2n) is 8.93. The number of hydrogen-bond acceptors (Lipinski definition) is 6. The minimum atomic E-state index is -0.431. The molecule has 1 atom stereocenters. The number of halogens is 1. The van der Waals surface area contributed by atoms with Crippen molar-refractivity contribution in [1.29, 1.82) is 5.41 Å². The molecule has 0 unspecified atom stereocenters. The lowest BCUT2D eigenvalue weighted by atomic mass is 10.0. The summed E-state index contributed by atoms with van der Waals surface area (Å²) in [6, 6.07) is 16.0. The Morgan fingerprint density at radius 1 is 1.14 bits per heavy atom. The average Bonchev–Trinajstić information content (AvgIpc) is 3.31. The van der Waals surface area contributed by atoms with Crippen LogP contribution < -0.4 is 26.4 Å². The maximum Gasteiger partial charge on any atom is 0.233 e. The third-order valence-corrected chi connectivity index (χ3v) is 7.36. The molecule has 0 bridgehead atoms. The summed E-state index contributed by atoms with van der Waals surface area (Å²) >= 11 is 7.69. The van der Waals surface area contributed by atoms with E-state index in [4.69, 9.17) is 27.5 Å². The van der Waals surface area contributed by atoms with Crippen LogP contribution in [0.1, 0.15) is 43.4 Å². The van der Waals surface area contributed by atoms with Gasteiger partial charge in [0.05, 0.1) is 10.4 Å². The van der Waals surface area contributed by atoms with E-state index in [1.807, 2.05) is 37.3 Å². The highest BCUT2D eigenvalue weighted by atomic mass is 35.5. The summed E-state index contributed by atoms with van der Waals surface area (Å²) in [5.41, 5.74) is 8.36. The van der Waals surface area contributed by atoms with Crippen LogP contribution in [0.3, 0.4) is 0 Å². The van der Waals surface area contributed by atoms with Crippen molar-refractivity contribution in [3.8, 4) is 16.2 Å². The van der Waals surface area contributed by atoms with Crippen molar-refractivity contribution in [2.75, 3.05) is 18.4 Å². The predicted octanol–water partition coefficient (Wildman–Crippen LogP) is 4.69. The smallest absolute Gasteiger partial charge is 0.233 e. The van der Waals surface area contributed by atoms with Gasteiger partial charge in [0.1, 0.15) is 24.1 Å². The lowest BCUT2D eigenvalue weighted by Crippen LogP contribution is -2.34. The maximum atomic E-state index is 12.6. The first-order valence-electron chi connectivity index (χ1n) is 12.1. The number of piperidine rings is 1. The van der Waals surface area contributed by atoms with Crippen molar-refractivity contribution in [3.63, 3.8) is 0 Å². The number of thiophene rings is 1. The number of nitrogens with one attached hydrogen (secondary N) is 4. The lowest BCUT2D eigenvalue weighted by Gasteiger charge is -2.25. The van der Waals surface area contributed by atoms with E-state index in [0.717, 1.165) is 47.7 Å². The van der Waals surface area contributed by atoms with Gasteiger partial charge in [-0.1, -0.05) is 17.7 Å². The minimum absolute atomic E-state index is 0.0533. The first-order valence-corrected chi connectivity index (χ1v) is 13.3. The molecule has 37 heavy (non-hydrogen) atoms. The highest BCUT2D eigenvalue weighted by Gasteiger charge is 2.20. The Balaban J connectivity index is 1.41. The van der Waals surface area contributed by atoms with Crippen molar-refractivity contribution < 1.29 is 14.3 Å². The molecular weight excluding hydrogens is 510 g/mol. The number of ether oxygens (including phenoxy) is 1. The van der Waals surface area contributed by atoms with E-state index < -0.39 is 5.91 Å². The monoisotopic (exact) mass is 539 g/mol. The minimum Gasteiger partial charge on any atom is -0.490 e. The van der Waals surface area contributed by atoms with Gasteiger partial charge in [-0.05, 0) is 86.9 Å². The van der Waals surface area contributed by atoms with E-state index in [1.54, 1.807) is 24.3 Å². The number of amidine groups is 1. The van der Waals surface area contributed by atoms with Gasteiger partial charge in [0, 0.05) is 21.7 Å². The van der Waals surface area contributed by atoms with Crippen LogP contribution in [0.2, 0.25) is 4.34 Å². The number of carbonyl (C=O) groups is 2. The molecule has 0 aliphatic carbocycles. The molecule has 6 N–H and O–H groups in total. The van der Waals surface area contributed by atoms with E-state index in [9.17, 15) is 9.59 Å². The van der Waals surface area contributed by atoms with Gasteiger partial charge in [-0.2, -0.15) is 0 Å². The molecule has 1 saturated heterocycles. The van der Waals surface area contributed by atoms with Crippen LogP contribution in [0.4, 0.5) is 5.69 Å². The molecule has 1 aliphatic heterocycles. The van der Waals surface area contributed by atoms with Crippen LogP contribution in [-0.4, -0.2) is 36.8 Å². The predicted molar refractivity (Wildman–Crippen MR) is 149 cm³/mol. The van der Waals surface area contributed by atoms with Crippen molar-refractivity contribution in [2.45, 2.75) is 38.3 Å². The third-order valence-electron chi connectivity index (χ3n) is 6.10. The normalized spacial score (nSPS) is 14.5. The van der Waals surface area contributed by atoms with Crippen molar-refractivity contribution in [2.24, 2.45) is 5.73 Å². The number of anilines is 1. The Morgan fingerprint density at radius 3 is 2.51 bits per heavy atom. The van der Waals surface area contributed by atoms with E-state index >= 15 is 0 Å². The first-order chi connectivity index (χ1) is 17.8. The van der Waals surface area contributed by atoms with Gasteiger partial charge in [-0.15, -0.1) is 11.3 Å². The quantitative estimate of drug-likeness (QED) is 0.153. The van der Waals surface area contributed by atoms with Crippen LogP contribution in [0.15, 0.2) is 54.6 Å². The van der Waals surface area contributed by atoms with Crippen molar-refractivity contribution >= 4 is 46.3 Å². The number of nitrogen functional groups attached to an aromatic ring is 1. The maximum absolute atomic E-state index is 12.6. The highest BCUT2D eigenvalue weighted by Crippen LogP contribution is 2.39. The molecule has 10 heteroatoms. The van der Waals surface area contributed by atoms with Gasteiger partial charge < -0.3 is 26.4 Å². The molecule has 2 heterocycles. The molecule has 4 rings (SSSR count). The van der Waals surface area contributed by atoms with Crippen LogP contribution in [0.5, 0.6) is 5.75 Å². The molecule has 194 valence electrons. The number of nitrogens with two attached hydrogens (primary N) is 1. The van der Waals surface area contributed by atoms with Crippen LogP contribution in [0, 0.1) is 5.41 Å². The molecule has 0 spiro atoms. The summed E-state index contributed by atoms with van der Waals surface area (Å²) in [6.07, 6.45) is 1.72. The van der Waals surface area contributed by atoms with Crippen LogP contribution in [0.25, 0.3) is 10.4 Å². The highest BCUT2D eigenvalue weighted by molar-refractivity contribution is 7.19. The Morgan fingerprint density at radius 2 is 1.86 bits per heavy atom. The van der Waals surface area contributed by atoms with E-state index in [0.29, 0.717) is 15.6 Å². The third kappa shape index (κ3) is 7.31. The van der Waals surface area contributed by atoms with Crippen LogP contribution >= 0.6 is 22.9 Å². The number of rotatable bonds is 9. The zero-order valence-corrected chi connectivity index (χ0v) is 22.0. The zero-order valence-electron chi connectivity index (χ0n) is 20.5. The number of amides is 2. The molecular formula is C27H30ClN5O3S. The Kier molecular flexibility index (Phi) is 8.81. The largest absolute Gasteiger partial charge is 0.490 e. The summed E-state index contributed by atoms with van der Waals surface area (Å²) in [4.78, 5) is 26.0. The van der Waals surface area contributed by atoms with Gasteiger partial charge in [-0.25, -0.2) is 0 Å². The standard InChI is InChI=1S/C27H30ClN5O3S/c1-16(32-25(34)15-26(35)33-19-5-2-17(3-6-19)27(29)30)18-4-7-22(36-20-10-12-31-13-11-20)21(14-18)23-8-9-24(28)37-23/h2-9,14,16,20,31H,10-13,15H2,1H3,(H3,29,30)(H,32,34)(H,33,35)/t16-/m0/s1. The SMILES string of the molecule is C[C@H](NC(=O)CC(=O)Nc1ccc(C(=N)N)cc1)c1ccc(OC2CCNCC2)c(-c2ccc(Cl)s2)c1. The number of benzene rings is 2. The van der Waals surface area contributed by atoms with Crippen LogP contribution in [-0.2, 0) is 9.59 Å². The number of carbonyl (C=O) groups excluding carboxylic acids is 2. The molecule has 8 nitrogen and oxygen atoms in total. The van der Waals surface area contributed by atoms with Crippen molar-refractivity contribution in [1.82, 2.24) is 10.6 Å². The van der Waals surface area contributed by atoms with Crippen molar-refractivity contribution in [3.05, 3.63) is 70.1 Å². The van der Waals surface area contributed by atoms with Gasteiger partial charge >= 0.3 is 0 Å². The summed E-state index contributed by atoms with van der Waals surface area (Å²) in [5, 5.41) is 16.4. The lowest BCUT2D eigenvalue weighted by molar-refractivity contribution is -0.127. The first kappa shape index (κ1) is 26.7. The molecule has 1 aromatic heterocycles. The molecule has 1 aliphatic rings. The molecule has 0 radical (unpaired) electrons. The van der Waals surface area contributed by atoms with E-state index in [2.05, 4.69) is 16.0 Å². The summed E-state index contributed by atoms with van der Waals surface area (Å²) < 4.78 is 7.05. The Bertz CT molecular complexity index is 1270. The number of hydrogen-bond donors (Lipinski definition) is 5. The fourth-order valence-electron chi connectivity index (χ4n) is 4.12. The van der Waals surface area contributed by atoms with Gasteiger partial charge in [0.2, 0.25) is 11.8 Å². The average molecular weight is 540 g/mol. The van der Waals surface area contributed by atoms with E-state index in [1.165, 1.54) is 11.3 Å². The fraction of sp³-hybridized carbons (Fsp3) is 0.296. The van der Waals surface area contributed by atoms with Gasteiger partial charge in [-0.3, -0.25) is 15.0 Å². The molecule has 2 aromatic carbocycles. The Labute approximate surface area is 225 Å². The topological polar surface area (TPSA) is 129 Å². The summed E-state index contributed by atoms with van der Waals surface area (Å²) in [7, 11) is 0. The zero-order chi connectivity index (χ0) is 26.4.